The second kappa shape index (κ2) is 7.03. The van der Waals surface area contributed by atoms with Crippen LogP contribution < -0.4 is 5.32 Å². The zero-order valence-electron chi connectivity index (χ0n) is 12.3. The van der Waals surface area contributed by atoms with E-state index in [1.54, 1.807) is 17.5 Å². The zero-order chi connectivity index (χ0) is 15.4. The highest BCUT2D eigenvalue weighted by Gasteiger charge is 2.35. The van der Waals surface area contributed by atoms with Crippen molar-refractivity contribution in [2.45, 2.75) is 37.8 Å². The maximum absolute atomic E-state index is 12.3. The highest BCUT2D eigenvalue weighted by Crippen LogP contribution is 2.39. The Balaban J connectivity index is 1.57. The molecule has 0 unspecified atom stereocenters. The Morgan fingerprint density at radius 3 is 2.86 bits per heavy atom. The predicted molar refractivity (Wildman–Crippen MR) is 86.5 cm³/mol. The number of hydrogen-bond donors (Lipinski definition) is 2. The lowest BCUT2D eigenvalue weighted by Crippen LogP contribution is -2.41. The van der Waals surface area contributed by atoms with Crippen LogP contribution >= 0.6 is 11.3 Å². The summed E-state index contributed by atoms with van der Waals surface area (Å²) in [6.07, 6.45) is 4.16. The lowest BCUT2D eigenvalue weighted by molar-refractivity contribution is -0.123. The zero-order valence-corrected chi connectivity index (χ0v) is 13.1. The topological polar surface area (TPSA) is 62.2 Å². The summed E-state index contributed by atoms with van der Waals surface area (Å²) in [5.41, 5.74) is 0.935. The molecule has 1 aliphatic rings. The highest BCUT2D eigenvalue weighted by molar-refractivity contribution is 7.10. The van der Waals surface area contributed by atoms with E-state index in [2.05, 4.69) is 16.4 Å². The second-order valence-corrected chi connectivity index (χ2v) is 6.75. The van der Waals surface area contributed by atoms with Crippen LogP contribution in [0.5, 0.6) is 0 Å². The fourth-order valence-corrected chi connectivity index (χ4v) is 3.69. The average Bonchev–Trinajstić information content (AvgIpc) is 3.03. The third-order valence-electron chi connectivity index (χ3n) is 4.12. The smallest absolute Gasteiger partial charge is 0.220 e. The van der Waals surface area contributed by atoms with Crippen molar-refractivity contribution in [2.75, 3.05) is 0 Å². The highest BCUT2D eigenvalue weighted by atomic mass is 32.1. The first-order chi connectivity index (χ1) is 10.7. The summed E-state index contributed by atoms with van der Waals surface area (Å²) in [4.78, 5) is 17.7. The van der Waals surface area contributed by atoms with Gasteiger partial charge in [-0.15, -0.1) is 11.3 Å². The Bertz CT molecular complexity index is 594. The Hall–Kier alpha value is -1.72. The first-order valence-electron chi connectivity index (χ1n) is 7.63. The summed E-state index contributed by atoms with van der Waals surface area (Å²) < 4.78 is 0. The van der Waals surface area contributed by atoms with Crippen LogP contribution in [0.15, 0.2) is 41.9 Å². The minimum absolute atomic E-state index is 0.0274. The largest absolute Gasteiger partial charge is 0.393 e. The van der Waals surface area contributed by atoms with Gasteiger partial charge in [-0.2, -0.15) is 0 Å². The standard InChI is InChI=1S/C17H20N2O2S/c20-14-10-12(11-14)17(15-5-3-9-22-15)19-16(21)7-6-13-4-1-2-8-18-13/h1-5,8-9,12,14,17,20H,6-7,10-11H2,(H,19,21)/t12?,14?,17-/m1/s1. The molecule has 116 valence electrons. The van der Waals surface area contributed by atoms with Gasteiger partial charge in [-0.3, -0.25) is 9.78 Å². The molecule has 0 aromatic carbocycles. The van der Waals surface area contributed by atoms with Crippen molar-refractivity contribution in [2.24, 2.45) is 5.92 Å². The molecule has 1 atom stereocenters. The van der Waals surface area contributed by atoms with Gasteiger partial charge < -0.3 is 10.4 Å². The van der Waals surface area contributed by atoms with Crippen molar-refractivity contribution < 1.29 is 9.90 Å². The lowest BCUT2D eigenvalue weighted by Gasteiger charge is -2.37. The number of carbonyl (C=O) groups excluding carboxylic acids is 1. The molecular formula is C17H20N2O2S. The number of thiophene rings is 1. The normalized spacial score (nSPS) is 21.9. The van der Waals surface area contributed by atoms with Crippen molar-refractivity contribution in [3.05, 3.63) is 52.5 Å². The van der Waals surface area contributed by atoms with E-state index in [0.717, 1.165) is 18.5 Å². The van der Waals surface area contributed by atoms with Gasteiger partial charge in [0.1, 0.15) is 0 Å². The van der Waals surface area contributed by atoms with Crippen LogP contribution in [0.4, 0.5) is 0 Å². The van der Waals surface area contributed by atoms with Crippen LogP contribution in [0, 0.1) is 5.92 Å². The average molecular weight is 316 g/mol. The van der Waals surface area contributed by atoms with Crippen molar-refractivity contribution in [3.8, 4) is 0 Å². The van der Waals surface area contributed by atoms with Gasteiger partial charge >= 0.3 is 0 Å². The van der Waals surface area contributed by atoms with Gasteiger partial charge in [0.25, 0.3) is 0 Å². The summed E-state index contributed by atoms with van der Waals surface area (Å²) in [6, 6.07) is 9.83. The molecule has 0 radical (unpaired) electrons. The SMILES string of the molecule is O=C(CCc1ccccn1)N[C@@H](c1cccs1)C1CC(O)C1. The number of rotatable bonds is 6. The van der Waals surface area contributed by atoms with Crippen LogP contribution in [-0.2, 0) is 11.2 Å². The lowest BCUT2D eigenvalue weighted by atomic mass is 9.76. The number of aromatic nitrogens is 1. The molecule has 1 aliphatic carbocycles. The summed E-state index contributed by atoms with van der Waals surface area (Å²) in [5.74, 6) is 0.387. The van der Waals surface area contributed by atoms with Gasteiger partial charge in [0.05, 0.1) is 12.1 Å². The molecule has 0 bridgehead atoms. The van der Waals surface area contributed by atoms with E-state index in [9.17, 15) is 9.90 Å². The number of hydrogen-bond acceptors (Lipinski definition) is 4. The Morgan fingerprint density at radius 2 is 2.23 bits per heavy atom. The van der Waals surface area contributed by atoms with E-state index in [1.165, 1.54) is 4.88 Å². The Morgan fingerprint density at radius 1 is 1.36 bits per heavy atom. The van der Waals surface area contributed by atoms with E-state index in [1.807, 2.05) is 29.6 Å². The Kier molecular flexibility index (Phi) is 4.85. The van der Waals surface area contributed by atoms with E-state index < -0.39 is 0 Å². The van der Waals surface area contributed by atoms with E-state index in [-0.39, 0.29) is 18.1 Å². The van der Waals surface area contributed by atoms with Gasteiger partial charge in [-0.25, -0.2) is 0 Å². The number of nitrogens with zero attached hydrogens (tertiary/aromatic N) is 1. The number of carbonyl (C=O) groups is 1. The molecule has 2 N–H and O–H groups in total. The van der Waals surface area contributed by atoms with Crippen LogP contribution in [0.2, 0.25) is 0 Å². The molecule has 0 saturated heterocycles. The molecule has 1 amide bonds. The van der Waals surface area contributed by atoms with Crippen molar-refractivity contribution in [3.63, 3.8) is 0 Å². The van der Waals surface area contributed by atoms with Crippen LogP contribution in [0.1, 0.15) is 35.9 Å². The summed E-state index contributed by atoms with van der Waals surface area (Å²) in [7, 11) is 0. The molecule has 0 aliphatic heterocycles. The third kappa shape index (κ3) is 3.72. The van der Waals surface area contributed by atoms with Crippen LogP contribution in [0.3, 0.4) is 0 Å². The number of aryl methyl sites for hydroxylation is 1. The Labute approximate surface area is 134 Å². The molecule has 0 spiro atoms. The number of aliphatic hydroxyl groups is 1. The van der Waals surface area contributed by atoms with Crippen molar-refractivity contribution in [1.29, 1.82) is 0 Å². The first kappa shape index (κ1) is 15.2. The van der Waals surface area contributed by atoms with Gasteiger partial charge in [-0.1, -0.05) is 12.1 Å². The third-order valence-corrected chi connectivity index (χ3v) is 5.08. The van der Waals surface area contributed by atoms with Crippen molar-refractivity contribution >= 4 is 17.2 Å². The van der Waals surface area contributed by atoms with Gasteiger partial charge in [0.15, 0.2) is 0 Å². The molecule has 22 heavy (non-hydrogen) atoms. The molecule has 1 saturated carbocycles. The summed E-state index contributed by atoms with van der Waals surface area (Å²) in [5, 5.41) is 14.7. The van der Waals surface area contributed by atoms with E-state index >= 15 is 0 Å². The second-order valence-electron chi connectivity index (χ2n) is 5.77. The van der Waals surface area contributed by atoms with Gasteiger partial charge in [0.2, 0.25) is 5.91 Å². The fraction of sp³-hybridized carbons (Fsp3) is 0.412. The monoisotopic (exact) mass is 316 g/mol. The van der Waals surface area contributed by atoms with Crippen molar-refractivity contribution in [1.82, 2.24) is 10.3 Å². The minimum atomic E-state index is -0.210. The minimum Gasteiger partial charge on any atom is -0.393 e. The number of nitrogens with one attached hydrogen (secondary N) is 1. The van der Waals surface area contributed by atoms with Crippen LogP contribution in [-0.4, -0.2) is 22.1 Å². The first-order valence-corrected chi connectivity index (χ1v) is 8.51. The van der Waals surface area contributed by atoms with Gasteiger partial charge in [-0.05, 0) is 48.8 Å². The van der Waals surface area contributed by atoms with Crippen LogP contribution in [0.25, 0.3) is 0 Å². The quantitative estimate of drug-likeness (QED) is 0.861. The number of aliphatic hydroxyl groups excluding tert-OH is 1. The maximum Gasteiger partial charge on any atom is 0.220 e. The molecule has 2 heterocycles. The number of amides is 1. The molecular weight excluding hydrogens is 296 g/mol. The molecule has 3 rings (SSSR count). The van der Waals surface area contributed by atoms with E-state index in [0.29, 0.717) is 18.8 Å². The summed E-state index contributed by atoms with van der Waals surface area (Å²) in [6.45, 7) is 0. The molecule has 5 heteroatoms. The molecule has 1 fully saturated rings. The van der Waals surface area contributed by atoms with Gasteiger partial charge in [0, 0.05) is 23.2 Å². The molecule has 4 nitrogen and oxygen atoms in total. The maximum atomic E-state index is 12.3. The molecule has 2 aromatic heterocycles. The molecule has 2 aromatic rings. The predicted octanol–water partition coefficient (Wildman–Crippen LogP) is 2.70. The summed E-state index contributed by atoms with van der Waals surface area (Å²) >= 11 is 1.66. The van der Waals surface area contributed by atoms with E-state index in [4.69, 9.17) is 0 Å². The fourth-order valence-electron chi connectivity index (χ4n) is 2.82. The number of pyridine rings is 1.